The minimum atomic E-state index is -0.180. The molecular formula is C31H23BN2. The van der Waals surface area contributed by atoms with E-state index in [0.29, 0.717) is 0 Å². The predicted octanol–water partition coefficient (Wildman–Crippen LogP) is 4.76. The molecule has 3 aliphatic heterocycles. The number of rotatable bonds is 0. The van der Waals surface area contributed by atoms with Crippen LogP contribution in [-0.2, 0) is 10.8 Å². The molecule has 5 aromatic rings. The van der Waals surface area contributed by atoms with Gasteiger partial charge in [-0.1, -0.05) is 81.7 Å². The maximum atomic E-state index is 10.0. The quantitative estimate of drug-likeness (QED) is 0.317. The van der Waals surface area contributed by atoms with Crippen molar-refractivity contribution in [1.29, 1.82) is 5.26 Å². The summed E-state index contributed by atoms with van der Waals surface area (Å²) in [7, 11) is 0. The van der Waals surface area contributed by atoms with E-state index < -0.39 is 0 Å². The van der Waals surface area contributed by atoms with E-state index in [-0.39, 0.29) is 17.5 Å². The normalized spacial score (nSPS) is 17.2. The van der Waals surface area contributed by atoms with Crippen molar-refractivity contribution in [3.63, 3.8) is 0 Å². The molecule has 34 heavy (non-hydrogen) atoms. The van der Waals surface area contributed by atoms with Crippen LogP contribution >= 0.6 is 0 Å². The predicted molar refractivity (Wildman–Crippen MR) is 141 cm³/mol. The van der Waals surface area contributed by atoms with Gasteiger partial charge in [0.15, 0.2) is 0 Å². The third kappa shape index (κ3) is 1.79. The average Bonchev–Trinajstić information content (AvgIpc) is 3.18. The molecule has 0 saturated heterocycles. The largest absolute Gasteiger partial charge is 0.310 e. The average molecular weight is 434 g/mol. The Morgan fingerprint density at radius 1 is 0.706 bits per heavy atom. The van der Waals surface area contributed by atoms with E-state index in [1.54, 1.807) is 0 Å². The molecule has 0 N–H and O–H groups in total. The zero-order valence-electron chi connectivity index (χ0n) is 19.8. The van der Waals surface area contributed by atoms with E-state index in [9.17, 15) is 5.26 Å². The number of benzene rings is 4. The van der Waals surface area contributed by atoms with Crippen LogP contribution in [0.1, 0.15) is 55.5 Å². The summed E-state index contributed by atoms with van der Waals surface area (Å²) in [6.45, 7) is 9.66. The Kier molecular flexibility index (Phi) is 3.00. The molecule has 4 aromatic carbocycles. The first-order chi connectivity index (χ1) is 16.4. The Balaban J connectivity index is 1.73. The maximum Gasteiger partial charge on any atom is 0.248 e. The molecule has 3 aliphatic rings. The summed E-state index contributed by atoms with van der Waals surface area (Å²) in [6.07, 6.45) is 0. The summed E-state index contributed by atoms with van der Waals surface area (Å²) >= 11 is 0. The Bertz CT molecular complexity index is 1830. The highest BCUT2D eigenvalue weighted by Crippen LogP contribution is 2.45. The van der Waals surface area contributed by atoms with Gasteiger partial charge in [-0.05, 0) is 51.4 Å². The van der Waals surface area contributed by atoms with Gasteiger partial charge >= 0.3 is 0 Å². The topological polar surface area (TPSA) is 28.7 Å². The molecule has 0 unspecified atom stereocenters. The van der Waals surface area contributed by atoms with Gasteiger partial charge in [0.2, 0.25) is 6.71 Å². The first kappa shape index (κ1) is 18.6. The third-order valence-corrected chi connectivity index (χ3v) is 9.07. The molecular weight excluding hydrogens is 411 g/mol. The van der Waals surface area contributed by atoms with Crippen LogP contribution in [0.25, 0.3) is 27.5 Å². The fourth-order valence-electron chi connectivity index (χ4n) is 7.57. The standard InChI is InChI=1S/C31H23BN2/c1-30(2)20-9-7-10-21-26(20)32-27-23(31(21,3)4)14-17(16-33)15-25(27)34-24-11-6-5-8-18(24)19-12-13-22(30)28(32)29(19)34/h5-15H,1-4H3. The minimum Gasteiger partial charge on any atom is -0.310 e. The molecule has 0 saturated carbocycles. The molecule has 1 aromatic heterocycles. The molecule has 0 radical (unpaired) electrons. The molecule has 8 rings (SSSR count). The van der Waals surface area contributed by atoms with Crippen LogP contribution < -0.4 is 16.4 Å². The summed E-state index contributed by atoms with van der Waals surface area (Å²) in [5, 5.41) is 12.6. The Hall–Kier alpha value is -3.77. The monoisotopic (exact) mass is 434 g/mol. The zero-order valence-corrected chi connectivity index (χ0v) is 19.8. The lowest BCUT2D eigenvalue weighted by molar-refractivity contribution is 0.621. The van der Waals surface area contributed by atoms with Crippen LogP contribution in [0.5, 0.6) is 0 Å². The van der Waals surface area contributed by atoms with Crippen molar-refractivity contribution in [3.8, 4) is 11.8 Å². The Morgan fingerprint density at radius 3 is 2.18 bits per heavy atom. The molecule has 4 heterocycles. The zero-order chi connectivity index (χ0) is 23.1. The molecule has 0 fully saturated rings. The van der Waals surface area contributed by atoms with Gasteiger partial charge in [0.1, 0.15) is 0 Å². The van der Waals surface area contributed by atoms with E-state index in [4.69, 9.17) is 0 Å². The van der Waals surface area contributed by atoms with Crippen molar-refractivity contribution in [2.45, 2.75) is 38.5 Å². The number of nitriles is 1. The molecule has 0 amide bonds. The molecule has 160 valence electrons. The summed E-state index contributed by atoms with van der Waals surface area (Å²) in [5.41, 5.74) is 14.1. The second-order valence-corrected chi connectivity index (χ2v) is 11.3. The molecule has 3 heteroatoms. The second-order valence-electron chi connectivity index (χ2n) is 11.3. The van der Waals surface area contributed by atoms with Crippen LogP contribution in [-0.4, -0.2) is 11.3 Å². The number of nitrogens with zero attached hydrogens (tertiary/aromatic N) is 2. The number of hydrogen-bond donors (Lipinski definition) is 0. The van der Waals surface area contributed by atoms with Gasteiger partial charge in [0.25, 0.3) is 0 Å². The van der Waals surface area contributed by atoms with Crippen molar-refractivity contribution >= 4 is 44.9 Å². The summed E-state index contributed by atoms with van der Waals surface area (Å²) in [6, 6.07) is 27.1. The summed E-state index contributed by atoms with van der Waals surface area (Å²) in [4.78, 5) is 0. The van der Waals surface area contributed by atoms with Crippen LogP contribution in [0.3, 0.4) is 0 Å². The van der Waals surface area contributed by atoms with Crippen molar-refractivity contribution in [1.82, 2.24) is 4.57 Å². The maximum absolute atomic E-state index is 10.0. The van der Waals surface area contributed by atoms with Gasteiger partial charge < -0.3 is 4.57 Å². The van der Waals surface area contributed by atoms with E-state index in [1.165, 1.54) is 66.1 Å². The molecule has 0 aliphatic carbocycles. The highest BCUT2D eigenvalue weighted by molar-refractivity contribution is 7.00. The van der Waals surface area contributed by atoms with Gasteiger partial charge in [0.05, 0.1) is 17.1 Å². The fourth-order valence-corrected chi connectivity index (χ4v) is 7.57. The van der Waals surface area contributed by atoms with E-state index >= 15 is 0 Å². The smallest absolute Gasteiger partial charge is 0.248 e. The minimum absolute atomic E-state index is 0.0790. The molecule has 0 bridgehead atoms. The van der Waals surface area contributed by atoms with Crippen LogP contribution in [0.2, 0.25) is 0 Å². The number of aromatic nitrogens is 1. The first-order valence-electron chi connectivity index (χ1n) is 12.1. The lowest BCUT2D eigenvalue weighted by atomic mass is 9.26. The van der Waals surface area contributed by atoms with Crippen molar-refractivity contribution in [2.24, 2.45) is 0 Å². The number of para-hydroxylation sites is 1. The Morgan fingerprint density at radius 2 is 1.41 bits per heavy atom. The summed E-state index contributed by atoms with van der Waals surface area (Å²) in [5.74, 6) is 0. The van der Waals surface area contributed by atoms with Crippen molar-refractivity contribution < 1.29 is 0 Å². The van der Waals surface area contributed by atoms with Gasteiger partial charge in [-0.15, -0.1) is 0 Å². The van der Waals surface area contributed by atoms with Crippen LogP contribution in [0.15, 0.2) is 66.7 Å². The van der Waals surface area contributed by atoms with Crippen LogP contribution in [0.4, 0.5) is 0 Å². The van der Waals surface area contributed by atoms with E-state index in [1.807, 2.05) is 0 Å². The lowest BCUT2D eigenvalue weighted by Gasteiger charge is -2.48. The van der Waals surface area contributed by atoms with Gasteiger partial charge in [-0.25, -0.2) is 0 Å². The SMILES string of the molecule is CC1(C)c2cc(C#N)cc3c2B2c4c1cccc4C(C)(C)c1ccc4c5ccccc5n-3c4c12. The van der Waals surface area contributed by atoms with Gasteiger partial charge in [-0.3, -0.25) is 0 Å². The van der Waals surface area contributed by atoms with Crippen molar-refractivity contribution in [2.75, 3.05) is 0 Å². The molecule has 2 nitrogen and oxygen atoms in total. The van der Waals surface area contributed by atoms with E-state index in [0.717, 1.165) is 5.56 Å². The highest BCUT2D eigenvalue weighted by Gasteiger charge is 2.51. The fraction of sp³-hybridized carbons (Fsp3) is 0.194. The van der Waals surface area contributed by atoms with Crippen LogP contribution in [0, 0.1) is 11.3 Å². The molecule has 0 spiro atoms. The lowest BCUT2D eigenvalue weighted by Crippen LogP contribution is -2.68. The first-order valence-corrected chi connectivity index (χ1v) is 12.1. The van der Waals surface area contributed by atoms with Crippen molar-refractivity contribution in [3.05, 3.63) is 94.5 Å². The third-order valence-electron chi connectivity index (χ3n) is 9.07. The second kappa shape index (κ2) is 5.48. The Labute approximate surface area is 199 Å². The summed E-state index contributed by atoms with van der Waals surface area (Å²) < 4.78 is 2.46. The van der Waals surface area contributed by atoms with Gasteiger partial charge in [-0.2, -0.15) is 5.26 Å². The number of fused-ring (bicyclic) bond motifs is 4. The number of hydrogen-bond acceptors (Lipinski definition) is 1. The van der Waals surface area contributed by atoms with Gasteiger partial charge in [0, 0.05) is 32.8 Å². The highest BCUT2D eigenvalue weighted by atomic mass is 15.0. The van der Waals surface area contributed by atoms with E-state index in [2.05, 4.69) is 105 Å². The molecule has 0 atom stereocenters.